The van der Waals surface area contributed by atoms with Crippen molar-refractivity contribution in [2.45, 2.75) is 87.6 Å². The second-order valence-electron chi connectivity index (χ2n) is 9.90. The SMILES string of the molecule is Cc1ccc2c(c1)C1CCC(CC1)OC[C@H]1[C@@H](NS(=O)(=O)C3CC3)CCCN1C(=O)CO2. The standard InChI is InChI=1S/C24H34N2O5S/c1-16-4-11-23-20(13-16)17-5-7-18(8-6-17)30-14-22-21(25-32(28,29)19-9-10-19)3-2-12-26(22)24(27)15-31-23/h4,11,13,17-19,21-22,25H,2-3,5-10,12,14-15H2,1H3/t17?,18?,21-,22-/m0/s1. The molecule has 3 fully saturated rings. The molecule has 1 amide bonds. The summed E-state index contributed by atoms with van der Waals surface area (Å²) in [5.74, 6) is 1.11. The molecule has 7 nitrogen and oxygen atoms in total. The minimum absolute atomic E-state index is 0.0369. The molecule has 0 unspecified atom stereocenters. The van der Waals surface area contributed by atoms with Gasteiger partial charge in [0, 0.05) is 12.6 Å². The molecule has 1 aromatic rings. The van der Waals surface area contributed by atoms with Gasteiger partial charge in [0.15, 0.2) is 6.61 Å². The summed E-state index contributed by atoms with van der Waals surface area (Å²) in [6, 6.07) is 5.60. The molecule has 5 aliphatic rings. The molecule has 1 aromatic carbocycles. The third-order valence-corrected chi connectivity index (χ3v) is 9.49. The number of sulfonamides is 1. The van der Waals surface area contributed by atoms with Gasteiger partial charge in [-0.2, -0.15) is 0 Å². The number of amides is 1. The van der Waals surface area contributed by atoms with E-state index < -0.39 is 10.0 Å². The maximum absolute atomic E-state index is 13.2. The fraction of sp³-hybridized carbons (Fsp3) is 0.708. The number of rotatable bonds is 3. The molecule has 32 heavy (non-hydrogen) atoms. The molecule has 1 saturated heterocycles. The average Bonchev–Trinajstić information content (AvgIpc) is 3.63. The van der Waals surface area contributed by atoms with Crippen molar-refractivity contribution in [2.75, 3.05) is 19.8 Å². The van der Waals surface area contributed by atoms with Gasteiger partial charge in [-0.25, -0.2) is 13.1 Å². The Labute approximate surface area is 190 Å². The molecular formula is C24H34N2O5S. The van der Waals surface area contributed by atoms with E-state index in [1.54, 1.807) is 4.90 Å². The highest BCUT2D eigenvalue weighted by Gasteiger charge is 2.42. The Morgan fingerprint density at radius 3 is 2.59 bits per heavy atom. The van der Waals surface area contributed by atoms with Crippen molar-refractivity contribution in [3.8, 4) is 5.75 Å². The van der Waals surface area contributed by atoms with E-state index in [1.807, 2.05) is 12.1 Å². The number of hydrogen-bond acceptors (Lipinski definition) is 5. The Morgan fingerprint density at radius 1 is 1.06 bits per heavy atom. The zero-order valence-corrected chi connectivity index (χ0v) is 19.6. The third kappa shape index (κ3) is 4.68. The van der Waals surface area contributed by atoms with Gasteiger partial charge in [-0.3, -0.25) is 4.79 Å². The Morgan fingerprint density at radius 2 is 1.84 bits per heavy atom. The predicted octanol–water partition coefficient (Wildman–Crippen LogP) is 2.87. The molecule has 8 heteroatoms. The highest BCUT2D eigenvalue weighted by atomic mass is 32.2. The molecule has 2 bridgehead atoms. The van der Waals surface area contributed by atoms with Crippen LogP contribution in [0, 0.1) is 6.92 Å². The number of aryl methyl sites for hydroxylation is 1. The molecule has 3 aliphatic heterocycles. The summed E-state index contributed by atoms with van der Waals surface area (Å²) in [5, 5.41) is -0.275. The molecule has 176 valence electrons. The van der Waals surface area contributed by atoms with Crippen LogP contribution < -0.4 is 9.46 Å². The van der Waals surface area contributed by atoms with Crippen LogP contribution in [0.15, 0.2) is 18.2 Å². The van der Waals surface area contributed by atoms with Gasteiger partial charge < -0.3 is 14.4 Å². The highest BCUT2D eigenvalue weighted by molar-refractivity contribution is 7.90. The molecule has 2 aliphatic carbocycles. The van der Waals surface area contributed by atoms with E-state index in [0.29, 0.717) is 19.1 Å². The quantitative estimate of drug-likeness (QED) is 0.747. The maximum atomic E-state index is 13.2. The molecule has 2 atom stereocenters. The van der Waals surface area contributed by atoms with Gasteiger partial charge in [0.2, 0.25) is 10.0 Å². The monoisotopic (exact) mass is 462 g/mol. The lowest BCUT2D eigenvalue weighted by Crippen LogP contribution is -2.60. The van der Waals surface area contributed by atoms with Crippen LogP contribution in [0.4, 0.5) is 0 Å². The second-order valence-corrected chi connectivity index (χ2v) is 11.9. The summed E-state index contributed by atoms with van der Waals surface area (Å²) >= 11 is 0. The lowest BCUT2D eigenvalue weighted by molar-refractivity contribution is -0.140. The summed E-state index contributed by atoms with van der Waals surface area (Å²) in [7, 11) is -3.34. The van der Waals surface area contributed by atoms with Crippen LogP contribution in [0.3, 0.4) is 0 Å². The molecular weight excluding hydrogens is 428 g/mol. The summed E-state index contributed by atoms with van der Waals surface area (Å²) in [6.07, 6.45) is 7.09. The third-order valence-electron chi connectivity index (χ3n) is 7.51. The van der Waals surface area contributed by atoms with Crippen LogP contribution in [-0.2, 0) is 19.6 Å². The van der Waals surface area contributed by atoms with Gasteiger partial charge in [0.05, 0.1) is 24.0 Å². The van der Waals surface area contributed by atoms with Crippen molar-refractivity contribution >= 4 is 15.9 Å². The first kappa shape index (κ1) is 22.2. The van der Waals surface area contributed by atoms with Crippen LogP contribution >= 0.6 is 0 Å². The van der Waals surface area contributed by atoms with Crippen LogP contribution in [0.5, 0.6) is 5.75 Å². The van der Waals surface area contributed by atoms with Crippen molar-refractivity contribution in [2.24, 2.45) is 0 Å². The van der Waals surface area contributed by atoms with Gasteiger partial charge in [0.1, 0.15) is 5.75 Å². The molecule has 0 radical (unpaired) electrons. The van der Waals surface area contributed by atoms with Crippen molar-refractivity contribution in [3.05, 3.63) is 29.3 Å². The molecule has 1 N–H and O–H groups in total. The topological polar surface area (TPSA) is 84.9 Å². The van der Waals surface area contributed by atoms with Gasteiger partial charge >= 0.3 is 0 Å². The fourth-order valence-corrected chi connectivity index (χ4v) is 7.16. The highest BCUT2D eigenvalue weighted by Crippen LogP contribution is 2.39. The number of carbonyl (C=O) groups excluding carboxylic acids is 1. The number of fused-ring (bicyclic) bond motifs is 5. The first-order valence-electron chi connectivity index (χ1n) is 12.1. The van der Waals surface area contributed by atoms with E-state index >= 15 is 0 Å². The van der Waals surface area contributed by atoms with E-state index in [2.05, 4.69) is 17.7 Å². The normalized spacial score (nSPS) is 31.5. The summed E-state index contributed by atoms with van der Waals surface area (Å²) in [6.45, 7) is 3.02. The van der Waals surface area contributed by atoms with E-state index in [0.717, 1.165) is 57.1 Å². The van der Waals surface area contributed by atoms with Gasteiger partial charge in [0.25, 0.3) is 5.91 Å². The minimum Gasteiger partial charge on any atom is -0.483 e. The molecule has 0 spiro atoms. The summed E-state index contributed by atoms with van der Waals surface area (Å²) < 4.78 is 40.6. The lowest BCUT2D eigenvalue weighted by atomic mass is 9.82. The molecule has 3 heterocycles. The number of benzene rings is 1. The Balaban J connectivity index is 1.41. The zero-order chi connectivity index (χ0) is 22.3. The second kappa shape index (κ2) is 8.95. The number of ether oxygens (including phenoxy) is 2. The number of nitrogens with zero attached hydrogens (tertiary/aromatic N) is 1. The van der Waals surface area contributed by atoms with E-state index in [1.165, 1.54) is 11.1 Å². The number of hydrogen-bond donors (Lipinski definition) is 1. The first-order valence-corrected chi connectivity index (χ1v) is 13.6. The average molecular weight is 463 g/mol. The van der Waals surface area contributed by atoms with Gasteiger partial charge in [-0.05, 0) is 75.8 Å². The molecule has 6 rings (SSSR count). The Bertz CT molecular complexity index is 953. The van der Waals surface area contributed by atoms with E-state index in [9.17, 15) is 13.2 Å². The number of piperidine rings is 1. The van der Waals surface area contributed by atoms with E-state index in [-0.39, 0.29) is 36.0 Å². The molecule has 0 aromatic heterocycles. The minimum atomic E-state index is -3.34. The van der Waals surface area contributed by atoms with Gasteiger partial charge in [-0.1, -0.05) is 17.7 Å². The predicted molar refractivity (Wildman–Crippen MR) is 121 cm³/mol. The fourth-order valence-electron chi connectivity index (χ4n) is 5.51. The van der Waals surface area contributed by atoms with Crippen molar-refractivity contribution in [1.29, 1.82) is 0 Å². The van der Waals surface area contributed by atoms with Crippen molar-refractivity contribution < 1.29 is 22.7 Å². The van der Waals surface area contributed by atoms with Gasteiger partial charge in [-0.15, -0.1) is 0 Å². The van der Waals surface area contributed by atoms with Crippen LogP contribution in [0.2, 0.25) is 0 Å². The summed E-state index contributed by atoms with van der Waals surface area (Å²) in [5.41, 5.74) is 2.39. The maximum Gasteiger partial charge on any atom is 0.260 e. The van der Waals surface area contributed by atoms with Crippen molar-refractivity contribution in [3.63, 3.8) is 0 Å². The van der Waals surface area contributed by atoms with Crippen molar-refractivity contribution in [1.82, 2.24) is 9.62 Å². The van der Waals surface area contributed by atoms with Crippen LogP contribution in [0.1, 0.15) is 68.4 Å². The van der Waals surface area contributed by atoms with Crippen LogP contribution in [-0.4, -0.2) is 62.4 Å². The Hall–Kier alpha value is -1.64. The Kier molecular flexibility index (Phi) is 6.20. The lowest BCUT2D eigenvalue weighted by Gasteiger charge is -2.42. The summed E-state index contributed by atoms with van der Waals surface area (Å²) in [4.78, 5) is 15.0. The van der Waals surface area contributed by atoms with Crippen LogP contribution in [0.25, 0.3) is 0 Å². The first-order chi connectivity index (χ1) is 15.4. The zero-order valence-electron chi connectivity index (χ0n) is 18.8. The van der Waals surface area contributed by atoms with E-state index in [4.69, 9.17) is 9.47 Å². The molecule has 2 saturated carbocycles. The number of carbonyl (C=O) groups is 1. The largest absolute Gasteiger partial charge is 0.483 e. The number of nitrogens with one attached hydrogen (secondary N) is 1. The smallest absolute Gasteiger partial charge is 0.260 e.